The first kappa shape index (κ1) is 25.6. The molecular weight excluding hydrogens is 482 g/mol. The molecule has 0 aromatic heterocycles. The molecule has 7 heteroatoms. The summed E-state index contributed by atoms with van der Waals surface area (Å²) in [5.74, 6) is 0. The molecule has 1 fully saturated rings. The minimum Gasteiger partial charge on any atom is -0.735 e. The fraction of sp³-hybridized carbons (Fsp3) is 0.367. The van der Waals surface area contributed by atoms with E-state index in [4.69, 9.17) is 0 Å². The van der Waals surface area contributed by atoms with Crippen LogP contribution in [0.3, 0.4) is 0 Å². The quantitative estimate of drug-likeness (QED) is 0.331. The van der Waals surface area contributed by atoms with E-state index in [9.17, 15) is 13.0 Å². The Bertz CT molecular complexity index is 1370. The minimum absolute atomic E-state index is 0.0218. The van der Waals surface area contributed by atoms with Crippen LogP contribution in [-0.2, 0) is 16.8 Å². The van der Waals surface area contributed by atoms with Crippen molar-refractivity contribution in [2.75, 3.05) is 13.1 Å². The zero-order valence-corrected chi connectivity index (χ0v) is 22.6. The van der Waals surface area contributed by atoms with Gasteiger partial charge in [-0.1, -0.05) is 78.4 Å². The van der Waals surface area contributed by atoms with Crippen LogP contribution in [0.15, 0.2) is 72.8 Å². The van der Waals surface area contributed by atoms with Crippen molar-refractivity contribution in [1.82, 2.24) is 9.21 Å². The molecule has 0 aliphatic carbocycles. The zero-order chi connectivity index (χ0) is 26.2. The Morgan fingerprint density at radius 1 is 0.919 bits per heavy atom. The molecule has 6 nitrogen and oxygen atoms in total. The first-order chi connectivity index (χ1) is 17.7. The van der Waals surface area contributed by atoms with Crippen LogP contribution in [-0.4, -0.2) is 52.2 Å². The van der Waals surface area contributed by atoms with Gasteiger partial charge < -0.3 is 4.55 Å². The van der Waals surface area contributed by atoms with Crippen LogP contribution < -0.4 is 0 Å². The highest BCUT2D eigenvalue weighted by molar-refractivity contribution is 7.83. The van der Waals surface area contributed by atoms with Crippen LogP contribution in [0.4, 0.5) is 0 Å². The van der Waals surface area contributed by atoms with Gasteiger partial charge in [0.2, 0.25) is 6.34 Å². The predicted octanol–water partition coefficient (Wildman–Crippen LogP) is 4.88. The molecule has 2 aliphatic heterocycles. The number of nitrogens with zero attached hydrogens (tertiary/aromatic N) is 3. The van der Waals surface area contributed by atoms with Gasteiger partial charge in [-0.15, -0.1) is 0 Å². The van der Waals surface area contributed by atoms with Crippen molar-refractivity contribution < 1.29 is 17.5 Å². The van der Waals surface area contributed by atoms with Gasteiger partial charge in [-0.2, -0.15) is 0 Å². The van der Waals surface area contributed by atoms with E-state index < -0.39 is 10.3 Å². The predicted molar refractivity (Wildman–Crippen MR) is 145 cm³/mol. The van der Waals surface area contributed by atoms with Crippen molar-refractivity contribution in [2.24, 2.45) is 0 Å². The van der Waals surface area contributed by atoms with E-state index in [1.165, 1.54) is 33.4 Å². The van der Waals surface area contributed by atoms with E-state index in [-0.39, 0.29) is 18.1 Å². The number of hydrogen-bond acceptors (Lipinski definition) is 4. The van der Waals surface area contributed by atoms with Gasteiger partial charge in [-0.25, -0.2) is 12.7 Å². The number of benzene rings is 3. The lowest BCUT2D eigenvalue weighted by Crippen LogP contribution is -2.43. The number of hydrogen-bond donors (Lipinski definition) is 0. The third kappa shape index (κ3) is 5.35. The molecule has 194 valence electrons. The summed E-state index contributed by atoms with van der Waals surface area (Å²) in [4.78, 5) is 2.26. The molecule has 2 heterocycles. The van der Waals surface area contributed by atoms with Gasteiger partial charge in [0, 0.05) is 17.7 Å². The molecule has 0 amide bonds. The average Bonchev–Trinajstić information content (AvgIpc) is 3.47. The minimum atomic E-state index is -4.49. The second-order valence-corrected chi connectivity index (χ2v) is 11.8. The summed E-state index contributed by atoms with van der Waals surface area (Å²) in [7, 11) is -4.49. The summed E-state index contributed by atoms with van der Waals surface area (Å²) < 4.78 is 39.5. The summed E-state index contributed by atoms with van der Waals surface area (Å²) in [5, 5.41) is 0. The summed E-state index contributed by atoms with van der Waals surface area (Å²) >= 11 is 0. The van der Waals surface area contributed by atoms with Crippen molar-refractivity contribution in [3.05, 3.63) is 106 Å². The lowest BCUT2D eigenvalue weighted by Gasteiger charge is -2.30. The van der Waals surface area contributed by atoms with Crippen molar-refractivity contribution in [1.29, 1.82) is 0 Å². The fourth-order valence-electron chi connectivity index (χ4n) is 6.22. The summed E-state index contributed by atoms with van der Waals surface area (Å²) in [6.45, 7) is 7.99. The molecule has 0 spiro atoms. The highest BCUT2D eigenvalue weighted by Crippen LogP contribution is 2.41. The second kappa shape index (κ2) is 10.4. The Labute approximate surface area is 220 Å². The van der Waals surface area contributed by atoms with E-state index in [2.05, 4.69) is 97.2 Å². The molecular formula is C30H35N3O3S. The average molecular weight is 518 g/mol. The molecule has 0 bridgehead atoms. The lowest BCUT2D eigenvalue weighted by atomic mass is 9.92. The Balaban J connectivity index is 1.59. The van der Waals surface area contributed by atoms with E-state index in [0.717, 1.165) is 10.8 Å². The molecule has 2 aliphatic rings. The van der Waals surface area contributed by atoms with E-state index in [1.54, 1.807) is 0 Å². The highest BCUT2D eigenvalue weighted by Gasteiger charge is 2.46. The van der Waals surface area contributed by atoms with Crippen molar-refractivity contribution in [3.8, 4) is 0 Å². The van der Waals surface area contributed by atoms with Gasteiger partial charge in [0.25, 0.3) is 0 Å². The van der Waals surface area contributed by atoms with Gasteiger partial charge in [0.1, 0.15) is 13.1 Å². The van der Waals surface area contributed by atoms with E-state index >= 15 is 0 Å². The SMILES string of the molecule is Cc1cc(C)c(C[N+]2=CN(C[C@@H]3CCCN3S(=O)(=O)[O-])[C@H](c3ccccc3)[C@H]2c2ccccc2)c(C)c1. The maximum absolute atomic E-state index is 12.0. The lowest BCUT2D eigenvalue weighted by molar-refractivity contribution is -0.578. The normalized spacial score (nSPS) is 22.4. The van der Waals surface area contributed by atoms with Crippen molar-refractivity contribution in [2.45, 2.75) is 58.3 Å². The monoisotopic (exact) mass is 517 g/mol. The number of rotatable bonds is 7. The van der Waals surface area contributed by atoms with Gasteiger partial charge in [0.05, 0.1) is 6.04 Å². The largest absolute Gasteiger partial charge is 0.735 e. The van der Waals surface area contributed by atoms with Crippen LogP contribution in [0, 0.1) is 20.8 Å². The summed E-state index contributed by atoms with van der Waals surface area (Å²) in [5.41, 5.74) is 7.48. The van der Waals surface area contributed by atoms with Gasteiger partial charge >= 0.3 is 0 Å². The number of aryl methyl sites for hydroxylation is 3. The Morgan fingerprint density at radius 2 is 1.51 bits per heavy atom. The van der Waals surface area contributed by atoms with Crippen molar-refractivity contribution >= 4 is 16.6 Å². The molecule has 5 rings (SSSR count). The Morgan fingerprint density at radius 3 is 2.11 bits per heavy atom. The van der Waals surface area contributed by atoms with E-state index in [1.807, 2.05) is 12.1 Å². The van der Waals surface area contributed by atoms with Crippen molar-refractivity contribution in [3.63, 3.8) is 0 Å². The molecule has 0 radical (unpaired) electrons. The molecule has 3 atom stereocenters. The first-order valence-electron chi connectivity index (χ1n) is 13.0. The molecule has 0 saturated carbocycles. The Hall–Kier alpha value is -3.00. The molecule has 0 unspecified atom stereocenters. The van der Waals surface area contributed by atoms with Gasteiger partial charge in [0.15, 0.2) is 22.4 Å². The third-order valence-electron chi connectivity index (χ3n) is 7.81. The molecule has 37 heavy (non-hydrogen) atoms. The van der Waals surface area contributed by atoms with Crippen LogP contribution in [0.25, 0.3) is 0 Å². The van der Waals surface area contributed by atoms with Crippen LogP contribution in [0.2, 0.25) is 0 Å². The third-order valence-corrected chi connectivity index (χ3v) is 8.86. The summed E-state index contributed by atoms with van der Waals surface area (Å²) in [6, 6.07) is 25.1. The Kier molecular flexibility index (Phi) is 7.21. The van der Waals surface area contributed by atoms with E-state index in [0.29, 0.717) is 25.9 Å². The molecule has 0 N–H and O–H groups in total. The van der Waals surface area contributed by atoms with Crippen LogP contribution in [0.5, 0.6) is 0 Å². The van der Waals surface area contributed by atoms with Crippen LogP contribution >= 0.6 is 0 Å². The molecule has 3 aromatic rings. The maximum atomic E-state index is 12.0. The maximum Gasteiger partial charge on any atom is 0.235 e. The van der Waals surface area contributed by atoms with Crippen LogP contribution in [0.1, 0.15) is 58.3 Å². The smallest absolute Gasteiger partial charge is 0.235 e. The molecule has 3 aromatic carbocycles. The highest BCUT2D eigenvalue weighted by atomic mass is 32.2. The fourth-order valence-corrected chi connectivity index (χ4v) is 7.11. The zero-order valence-electron chi connectivity index (χ0n) is 21.7. The topological polar surface area (TPSA) is 66.7 Å². The van der Waals surface area contributed by atoms with Gasteiger partial charge in [-0.05, 0) is 50.3 Å². The standard InChI is InChI=1S/C30H35N3O3S/c1-22-17-23(2)28(24(3)18-22)20-32-21-31(19-27-15-10-16-33(27)37(34,35)36)29(25-11-6-4-7-12-25)30(32)26-13-8-5-9-14-26/h4-9,11-14,17-18,21,27,29-30H,10,15-16,19-20H2,1-3H3/t27-,29+,30+/m0/s1. The van der Waals surface area contributed by atoms with Gasteiger partial charge in [-0.3, -0.25) is 9.48 Å². The summed E-state index contributed by atoms with van der Waals surface area (Å²) in [6.07, 6.45) is 3.57. The first-order valence-corrected chi connectivity index (χ1v) is 14.3. The molecule has 1 saturated heterocycles. The second-order valence-electron chi connectivity index (χ2n) is 10.4.